The molecule has 0 saturated heterocycles. The van der Waals surface area contributed by atoms with Gasteiger partial charge in [0.05, 0.1) is 17.8 Å². The van der Waals surface area contributed by atoms with E-state index in [2.05, 4.69) is 40.6 Å². The Bertz CT molecular complexity index is 737. The lowest BCUT2D eigenvalue weighted by Gasteiger charge is -2.13. The van der Waals surface area contributed by atoms with Gasteiger partial charge in [-0.1, -0.05) is 20.8 Å². The molecule has 26 heavy (non-hydrogen) atoms. The second kappa shape index (κ2) is 9.48. The number of carboxylic acids is 1. The minimum Gasteiger partial charge on any atom is -0.478 e. The van der Waals surface area contributed by atoms with Crippen LogP contribution in [0.15, 0.2) is 18.3 Å². The van der Waals surface area contributed by atoms with Gasteiger partial charge in [0.25, 0.3) is 0 Å². The van der Waals surface area contributed by atoms with Crippen LogP contribution >= 0.6 is 0 Å². The van der Waals surface area contributed by atoms with Gasteiger partial charge in [0.2, 0.25) is 0 Å². The number of aryl methyl sites for hydroxylation is 2. The maximum Gasteiger partial charge on any atom is 0.335 e. The largest absolute Gasteiger partial charge is 0.478 e. The maximum absolute atomic E-state index is 11.2. The number of carbonyl (C=O) groups is 1. The van der Waals surface area contributed by atoms with E-state index in [0.717, 1.165) is 30.9 Å². The predicted molar refractivity (Wildman–Crippen MR) is 102 cm³/mol. The van der Waals surface area contributed by atoms with E-state index in [1.165, 1.54) is 12.1 Å². The van der Waals surface area contributed by atoms with E-state index >= 15 is 0 Å². The highest BCUT2D eigenvalue weighted by molar-refractivity contribution is 5.87. The van der Waals surface area contributed by atoms with E-state index < -0.39 is 5.97 Å². The van der Waals surface area contributed by atoms with Crippen molar-refractivity contribution < 1.29 is 9.90 Å². The van der Waals surface area contributed by atoms with Gasteiger partial charge in [0.15, 0.2) is 0 Å². The van der Waals surface area contributed by atoms with Crippen molar-refractivity contribution in [2.45, 2.75) is 66.6 Å². The first-order valence-corrected chi connectivity index (χ1v) is 9.35. The number of pyridine rings is 1. The van der Waals surface area contributed by atoms with E-state index in [1.54, 1.807) is 12.1 Å². The van der Waals surface area contributed by atoms with Gasteiger partial charge in [-0.05, 0) is 44.2 Å². The molecule has 0 amide bonds. The Balaban J connectivity index is 1.99. The van der Waals surface area contributed by atoms with Crippen LogP contribution in [-0.2, 0) is 26.1 Å². The third-order valence-electron chi connectivity index (χ3n) is 4.39. The average molecular weight is 358 g/mol. The molecule has 0 atom stereocenters. The summed E-state index contributed by atoms with van der Waals surface area (Å²) in [5.41, 5.74) is 2.98. The molecule has 6 nitrogen and oxygen atoms in total. The lowest BCUT2D eigenvalue weighted by molar-refractivity contribution is 0.0696. The zero-order valence-corrected chi connectivity index (χ0v) is 16.2. The number of imidazole rings is 1. The summed E-state index contributed by atoms with van der Waals surface area (Å²) in [6.07, 6.45) is 5.28. The number of hydrogen-bond acceptors (Lipinski definition) is 4. The molecule has 6 heteroatoms. The first kappa shape index (κ1) is 20.1. The maximum atomic E-state index is 11.2. The van der Waals surface area contributed by atoms with Gasteiger partial charge in [0, 0.05) is 30.7 Å². The molecule has 2 rings (SSSR count). The van der Waals surface area contributed by atoms with Crippen LogP contribution in [-0.4, -0.2) is 25.6 Å². The van der Waals surface area contributed by atoms with Crippen LogP contribution in [0.1, 0.15) is 66.9 Å². The Labute approximate surface area is 155 Å². The number of rotatable bonds is 10. The van der Waals surface area contributed by atoms with Crippen molar-refractivity contribution >= 4 is 5.97 Å². The van der Waals surface area contributed by atoms with Gasteiger partial charge in [-0.3, -0.25) is 4.98 Å². The molecule has 2 N–H and O–H groups in total. The smallest absolute Gasteiger partial charge is 0.335 e. The Kier molecular flexibility index (Phi) is 7.33. The molecule has 2 aromatic heterocycles. The zero-order valence-electron chi connectivity index (χ0n) is 16.2. The molecule has 0 bridgehead atoms. The summed E-state index contributed by atoms with van der Waals surface area (Å²) in [7, 11) is 0. The van der Waals surface area contributed by atoms with Gasteiger partial charge >= 0.3 is 5.97 Å². The molecule has 0 aliphatic carbocycles. The van der Waals surface area contributed by atoms with Gasteiger partial charge in [-0.25, -0.2) is 9.78 Å². The molecule has 0 saturated carbocycles. The molecule has 2 heterocycles. The first-order valence-electron chi connectivity index (χ1n) is 9.35. The van der Waals surface area contributed by atoms with Gasteiger partial charge in [-0.2, -0.15) is 0 Å². The summed E-state index contributed by atoms with van der Waals surface area (Å²) in [5, 5.41) is 12.5. The van der Waals surface area contributed by atoms with Crippen molar-refractivity contribution in [3.05, 3.63) is 46.8 Å². The van der Waals surface area contributed by atoms with Crippen molar-refractivity contribution in [1.82, 2.24) is 19.9 Å². The third kappa shape index (κ3) is 5.66. The lowest BCUT2D eigenvalue weighted by Crippen LogP contribution is -2.19. The number of hydrogen-bond donors (Lipinski definition) is 2. The van der Waals surface area contributed by atoms with Crippen molar-refractivity contribution in [3.8, 4) is 0 Å². The Morgan fingerprint density at radius 3 is 2.73 bits per heavy atom. The Morgan fingerprint density at radius 2 is 2.08 bits per heavy atom. The Hall–Kier alpha value is -2.21. The van der Waals surface area contributed by atoms with Crippen molar-refractivity contribution in [3.63, 3.8) is 0 Å². The lowest BCUT2D eigenvalue weighted by atomic mass is 10.1. The van der Waals surface area contributed by atoms with Crippen molar-refractivity contribution in [2.75, 3.05) is 0 Å². The van der Waals surface area contributed by atoms with Crippen molar-refractivity contribution in [1.29, 1.82) is 0 Å². The van der Waals surface area contributed by atoms with Crippen LogP contribution in [0.2, 0.25) is 0 Å². The first-order chi connectivity index (χ1) is 12.4. The van der Waals surface area contributed by atoms with Crippen molar-refractivity contribution in [2.24, 2.45) is 5.92 Å². The molecule has 0 fully saturated rings. The van der Waals surface area contributed by atoms with E-state index in [1.807, 2.05) is 13.1 Å². The fourth-order valence-corrected chi connectivity index (χ4v) is 3.06. The SMILES string of the molecule is CCc1cnc(CNCc2cc(C(=O)O)cc(C)n2)n1CCCC(C)C. The Morgan fingerprint density at radius 1 is 1.31 bits per heavy atom. The van der Waals surface area contributed by atoms with Crippen LogP contribution in [0.5, 0.6) is 0 Å². The second-order valence-corrected chi connectivity index (χ2v) is 7.10. The molecule has 142 valence electrons. The molecule has 0 radical (unpaired) electrons. The highest BCUT2D eigenvalue weighted by Crippen LogP contribution is 2.12. The van der Waals surface area contributed by atoms with Crippen LogP contribution < -0.4 is 5.32 Å². The van der Waals surface area contributed by atoms with E-state index in [9.17, 15) is 4.79 Å². The number of nitrogens with zero attached hydrogens (tertiary/aromatic N) is 3. The fraction of sp³-hybridized carbons (Fsp3) is 0.550. The van der Waals surface area contributed by atoms with Crippen LogP contribution in [0.4, 0.5) is 0 Å². The summed E-state index contributed by atoms with van der Waals surface area (Å²) < 4.78 is 2.31. The van der Waals surface area contributed by atoms with Crippen LogP contribution in [0.25, 0.3) is 0 Å². The standard InChI is InChI=1S/C20H30N4O2/c1-5-18-12-22-19(24(18)8-6-7-14(2)3)13-21-11-17-10-16(20(25)26)9-15(4)23-17/h9-10,12,14,21H,5-8,11,13H2,1-4H3,(H,25,26). The van der Waals surface area contributed by atoms with Gasteiger partial charge in [0.1, 0.15) is 5.82 Å². The highest BCUT2D eigenvalue weighted by atomic mass is 16.4. The summed E-state index contributed by atoms with van der Waals surface area (Å²) in [5.74, 6) is 0.808. The second-order valence-electron chi connectivity index (χ2n) is 7.10. The minimum absolute atomic E-state index is 0.276. The molecule has 0 aliphatic heterocycles. The summed E-state index contributed by atoms with van der Waals surface area (Å²) in [6.45, 7) is 10.6. The van der Waals surface area contributed by atoms with Gasteiger partial charge < -0.3 is 15.0 Å². The van der Waals surface area contributed by atoms with Gasteiger partial charge in [-0.15, -0.1) is 0 Å². The normalized spacial score (nSPS) is 11.3. The topological polar surface area (TPSA) is 80.0 Å². The van der Waals surface area contributed by atoms with E-state index in [-0.39, 0.29) is 5.56 Å². The number of carboxylic acid groups (broad SMARTS) is 1. The molecule has 0 unspecified atom stereocenters. The summed E-state index contributed by atoms with van der Waals surface area (Å²) in [4.78, 5) is 20.1. The zero-order chi connectivity index (χ0) is 19.1. The number of aromatic nitrogens is 3. The third-order valence-corrected chi connectivity index (χ3v) is 4.39. The van der Waals surface area contributed by atoms with E-state index in [0.29, 0.717) is 24.7 Å². The summed E-state index contributed by atoms with van der Waals surface area (Å²) in [6, 6.07) is 3.20. The average Bonchev–Trinajstić information content (AvgIpc) is 2.96. The van der Waals surface area contributed by atoms with Crippen LogP contribution in [0.3, 0.4) is 0 Å². The summed E-state index contributed by atoms with van der Waals surface area (Å²) >= 11 is 0. The molecular weight excluding hydrogens is 328 g/mol. The molecule has 0 aromatic carbocycles. The fourth-order valence-electron chi connectivity index (χ4n) is 3.06. The van der Waals surface area contributed by atoms with Crippen LogP contribution in [0, 0.1) is 12.8 Å². The molecule has 0 aliphatic rings. The minimum atomic E-state index is -0.926. The number of nitrogens with one attached hydrogen (secondary N) is 1. The molecular formula is C20H30N4O2. The molecule has 2 aromatic rings. The monoisotopic (exact) mass is 358 g/mol. The number of aromatic carboxylic acids is 1. The van der Waals surface area contributed by atoms with E-state index in [4.69, 9.17) is 5.11 Å². The quantitative estimate of drug-likeness (QED) is 0.679. The molecule has 0 spiro atoms. The highest BCUT2D eigenvalue weighted by Gasteiger charge is 2.10. The predicted octanol–water partition coefficient (Wildman–Crippen LogP) is 3.57.